The van der Waals surface area contributed by atoms with Gasteiger partial charge in [0.25, 0.3) is 0 Å². The quantitative estimate of drug-likeness (QED) is 0.751. The number of nitrogens with zero attached hydrogens (tertiary/aromatic N) is 3. The third-order valence-corrected chi connectivity index (χ3v) is 4.46. The number of pyridine rings is 1. The van der Waals surface area contributed by atoms with Crippen LogP contribution in [0.25, 0.3) is 22.2 Å². The Morgan fingerprint density at radius 2 is 2.04 bits per heavy atom. The van der Waals surface area contributed by atoms with Crippen LogP contribution in [0.5, 0.6) is 5.75 Å². The molecule has 1 amide bonds. The van der Waals surface area contributed by atoms with Gasteiger partial charge in [0.1, 0.15) is 5.75 Å². The topological polar surface area (TPSA) is 69.0 Å². The minimum Gasteiger partial charge on any atom is -0.494 e. The zero-order chi connectivity index (χ0) is 18.8. The summed E-state index contributed by atoms with van der Waals surface area (Å²) in [5.41, 5.74) is 5.60. The maximum absolute atomic E-state index is 11.4. The molecule has 136 valence electrons. The number of fused-ring (bicyclic) bond motifs is 1. The Hall–Kier alpha value is -2.89. The molecule has 0 fully saturated rings. The number of hydrogen-bond acceptors (Lipinski definition) is 4. The van der Waals surface area contributed by atoms with Crippen LogP contribution in [0.15, 0.2) is 24.4 Å². The molecule has 1 N–H and O–H groups in total. The number of aromatic nitrogens is 3. The molecule has 1 aromatic carbocycles. The number of benzene rings is 1. The van der Waals surface area contributed by atoms with Crippen LogP contribution in [0.3, 0.4) is 0 Å². The fourth-order valence-corrected chi connectivity index (χ4v) is 3.15. The molecule has 0 radical (unpaired) electrons. The summed E-state index contributed by atoms with van der Waals surface area (Å²) in [5, 5.41) is 8.27. The van der Waals surface area contributed by atoms with Gasteiger partial charge < -0.3 is 10.1 Å². The highest BCUT2D eigenvalue weighted by atomic mass is 16.5. The van der Waals surface area contributed by atoms with Gasteiger partial charge in [-0.2, -0.15) is 5.10 Å². The largest absolute Gasteiger partial charge is 0.494 e. The molecule has 0 spiro atoms. The molecule has 6 nitrogen and oxygen atoms in total. The molecule has 6 heteroatoms. The second kappa shape index (κ2) is 7.15. The Labute approximate surface area is 153 Å². The summed E-state index contributed by atoms with van der Waals surface area (Å²) in [7, 11) is 1.59. The van der Waals surface area contributed by atoms with Gasteiger partial charge in [0.2, 0.25) is 5.91 Å². The first-order valence-corrected chi connectivity index (χ1v) is 8.74. The maximum Gasteiger partial charge on any atom is 0.221 e. The van der Waals surface area contributed by atoms with E-state index >= 15 is 0 Å². The number of hydrogen-bond donors (Lipinski definition) is 1. The molecule has 0 aliphatic heterocycles. The van der Waals surface area contributed by atoms with E-state index in [0.29, 0.717) is 11.4 Å². The fraction of sp³-hybridized carbons (Fsp3) is 0.350. The smallest absolute Gasteiger partial charge is 0.221 e. The van der Waals surface area contributed by atoms with E-state index in [1.54, 1.807) is 7.11 Å². The summed E-state index contributed by atoms with van der Waals surface area (Å²) in [6.07, 6.45) is 2.91. The third-order valence-electron chi connectivity index (χ3n) is 4.46. The van der Waals surface area contributed by atoms with Crippen molar-refractivity contribution in [3.05, 3.63) is 35.7 Å². The van der Waals surface area contributed by atoms with Crippen molar-refractivity contribution in [2.24, 2.45) is 0 Å². The molecule has 0 saturated heterocycles. The molecule has 0 saturated carbocycles. The normalized spacial score (nSPS) is 11.0. The van der Waals surface area contributed by atoms with Crippen LogP contribution in [-0.2, 0) is 11.3 Å². The Morgan fingerprint density at radius 1 is 1.27 bits per heavy atom. The Bertz CT molecular complexity index is 976. The number of anilines is 1. The van der Waals surface area contributed by atoms with Crippen molar-refractivity contribution in [3.8, 4) is 17.0 Å². The minimum absolute atomic E-state index is 0.135. The Balaban J connectivity index is 2.14. The first kappa shape index (κ1) is 17.9. The summed E-state index contributed by atoms with van der Waals surface area (Å²) in [5.74, 6) is 0.457. The highest BCUT2D eigenvalue weighted by Gasteiger charge is 2.14. The van der Waals surface area contributed by atoms with E-state index in [-0.39, 0.29) is 5.91 Å². The van der Waals surface area contributed by atoms with E-state index in [0.717, 1.165) is 46.4 Å². The van der Waals surface area contributed by atoms with E-state index in [1.165, 1.54) is 6.92 Å². The second-order valence-electron chi connectivity index (χ2n) is 6.44. The maximum atomic E-state index is 11.4. The summed E-state index contributed by atoms with van der Waals surface area (Å²) < 4.78 is 7.44. The van der Waals surface area contributed by atoms with E-state index in [1.807, 2.05) is 29.9 Å². The predicted molar refractivity (Wildman–Crippen MR) is 104 cm³/mol. The Kier molecular flexibility index (Phi) is 4.93. The SMILES string of the molecule is CCCn1ncc(-c2cc(C)c3cc(NC(C)=O)c(OC)cc3n2)c1C. The lowest BCUT2D eigenvalue weighted by atomic mass is 10.0. The highest BCUT2D eigenvalue weighted by Crippen LogP contribution is 2.33. The number of nitrogens with one attached hydrogen (secondary N) is 1. The summed E-state index contributed by atoms with van der Waals surface area (Å²) >= 11 is 0. The molecule has 0 aliphatic carbocycles. The third kappa shape index (κ3) is 3.27. The van der Waals surface area contributed by atoms with Crippen LogP contribution in [0.4, 0.5) is 5.69 Å². The van der Waals surface area contributed by atoms with Crippen LogP contribution in [0.2, 0.25) is 0 Å². The molecule has 0 atom stereocenters. The lowest BCUT2D eigenvalue weighted by molar-refractivity contribution is -0.114. The van der Waals surface area contributed by atoms with Gasteiger partial charge in [-0.1, -0.05) is 6.92 Å². The molecule has 0 bridgehead atoms. The first-order chi connectivity index (χ1) is 12.4. The van der Waals surface area contributed by atoms with Crippen molar-refractivity contribution in [3.63, 3.8) is 0 Å². The standard InChI is InChI=1S/C20H24N4O2/c1-6-7-24-13(3)16(11-21-24)17-8-12(2)15-9-19(22-14(4)25)20(26-5)10-18(15)23-17/h8-11H,6-7H2,1-5H3,(H,22,25). The van der Waals surface area contributed by atoms with Crippen molar-refractivity contribution < 1.29 is 9.53 Å². The number of aryl methyl sites for hydroxylation is 2. The molecule has 3 aromatic rings. The van der Waals surface area contributed by atoms with Crippen molar-refractivity contribution in [2.45, 2.75) is 40.7 Å². The van der Waals surface area contributed by atoms with Crippen LogP contribution < -0.4 is 10.1 Å². The first-order valence-electron chi connectivity index (χ1n) is 8.74. The van der Waals surface area contributed by atoms with E-state index in [9.17, 15) is 4.79 Å². The van der Waals surface area contributed by atoms with Crippen LogP contribution in [0, 0.1) is 13.8 Å². The minimum atomic E-state index is -0.135. The zero-order valence-corrected chi connectivity index (χ0v) is 15.9. The van der Waals surface area contributed by atoms with E-state index in [2.05, 4.69) is 30.3 Å². The lowest BCUT2D eigenvalue weighted by Crippen LogP contribution is -2.07. The van der Waals surface area contributed by atoms with Gasteiger partial charge in [-0.05, 0) is 38.0 Å². The number of ether oxygens (including phenoxy) is 1. The summed E-state index contributed by atoms with van der Waals surface area (Å²) in [6, 6.07) is 5.84. The van der Waals surface area contributed by atoms with Crippen molar-refractivity contribution >= 4 is 22.5 Å². The van der Waals surface area contributed by atoms with Gasteiger partial charge in [0.05, 0.1) is 30.2 Å². The van der Waals surface area contributed by atoms with Crippen LogP contribution >= 0.6 is 0 Å². The fourth-order valence-electron chi connectivity index (χ4n) is 3.15. The summed E-state index contributed by atoms with van der Waals surface area (Å²) in [6.45, 7) is 8.63. The molecule has 2 aromatic heterocycles. The zero-order valence-electron chi connectivity index (χ0n) is 15.9. The van der Waals surface area contributed by atoms with Gasteiger partial charge in [-0.3, -0.25) is 9.48 Å². The molecular weight excluding hydrogens is 328 g/mol. The number of carbonyl (C=O) groups is 1. The molecule has 0 aliphatic rings. The van der Waals surface area contributed by atoms with E-state index in [4.69, 9.17) is 9.72 Å². The molecule has 2 heterocycles. The van der Waals surface area contributed by atoms with Crippen molar-refractivity contribution in [1.82, 2.24) is 14.8 Å². The number of methoxy groups -OCH3 is 1. The van der Waals surface area contributed by atoms with Gasteiger partial charge in [0.15, 0.2) is 0 Å². The van der Waals surface area contributed by atoms with Crippen LogP contribution in [0.1, 0.15) is 31.5 Å². The van der Waals surface area contributed by atoms with Gasteiger partial charge in [0, 0.05) is 36.2 Å². The monoisotopic (exact) mass is 352 g/mol. The molecule has 26 heavy (non-hydrogen) atoms. The molecular formula is C20H24N4O2. The Morgan fingerprint density at radius 3 is 2.69 bits per heavy atom. The summed E-state index contributed by atoms with van der Waals surface area (Å²) in [4.78, 5) is 16.3. The van der Waals surface area contributed by atoms with Crippen molar-refractivity contribution in [2.75, 3.05) is 12.4 Å². The van der Waals surface area contributed by atoms with Gasteiger partial charge in [-0.15, -0.1) is 0 Å². The van der Waals surface area contributed by atoms with E-state index < -0.39 is 0 Å². The van der Waals surface area contributed by atoms with Crippen LogP contribution in [-0.4, -0.2) is 27.8 Å². The molecule has 0 unspecified atom stereocenters. The number of amides is 1. The predicted octanol–water partition coefficient (Wildman–Crippen LogP) is 4.09. The second-order valence-corrected chi connectivity index (χ2v) is 6.44. The molecule has 3 rings (SSSR count). The average Bonchev–Trinajstić information content (AvgIpc) is 2.95. The lowest BCUT2D eigenvalue weighted by Gasteiger charge is -2.13. The van der Waals surface area contributed by atoms with Gasteiger partial charge in [-0.25, -0.2) is 4.98 Å². The van der Waals surface area contributed by atoms with Gasteiger partial charge >= 0.3 is 0 Å². The number of carbonyl (C=O) groups excluding carboxylic acids is 1. The average molecular weight is 352 g/mol. The number of rotatable bonds is 5. The highest BCUT2D eigenvalue weighted by molar-refractivity contribution is 5.96. The van der Waals surface area contributed by atoms with Crippen molar-refractivity contribution in [1.29, 1.82) is 0 Å².